The Morgan fingerprint density at radius 1 is 1.14 bits per heavy atom. The minimum Gasteiger partial charge on any atom is -0.497 e. The number of hydrogen-bond donors (Lipinski definition) is 1. The molecular weight excluding hydrogens is 278 g/mol. The van der Waals surface area contributed by atoms with Gasteiger partial charge in [-0.2, -0.15) is 0 Å². The van der Waals surface area contributed by atoms with Gasteiger partial charge in [0, 0.05) is 10.9 Å². The summed E-state index contributed by atoms with van der Waals surface area (Å²) in [4.78, 5) is 1.37. The summed E-state index contributed by atoms with van der Waals surface area (Å²) in [6, 6.07) is 17.4. The van der Waals surface area contributed by atoms with Crippen LogP contribution < -0.4 is 10.1 Å². The first-order chi connectivity index (χ1) is 10.3. The van der Waals surface area contributed by atoms with Gasteiger partial charge in [-0.25, -0.2) is 0 Å². The number of likely N-dealkylation sites (N-methyl/N-ethyl adjacent to an activating group) is 1. The van der Waals surface area contributed by atoms with Crippen LogP contribution in [0.4, 0.5) is 0 Å². The number of fused-ring (bicyclic) bond motifs is 1. The van der Waals surface area contributed by atoms with Crippen LogP contribution in [-0.4, -0.2) is 14.2 Å². The van der Waals surface area contributed by atoms with Gasteiger partial charge in [0.15, 0.2) is 0 Å². The standard InChI is InChI=1S/C18H19NOS/c1-19-17(18-7-4-10-21-18)11-14-6-3-5-13-8-9-15(20-2)12-16(13)14/h3-10,12,17,19H,11H2,1-2H3. The van der Waals surface area contributed by atoms with Crippen molar-refractivity contribution in [2.24, 2.45) is 0 Å². The van der Waals surface area contributed by atoms with Crippen LogP contribution in [-0.2, 0) is 6.42 Å². The van der Waals surface area contributed by atoms with Gasteiger partial charge in [-0.3, -0.25) is 0 Å². The molecule has 0 spiro atoms. The van der Waals surface area contributed by atoms with E-state index in [4.69, 9.17) is 4.74 Å². The number of methoxy groups -OCH3 is 1. The molecule has 1 N–H and O–H groups in total. The van der Waals surface area contributed by atoms with Crippen LogP contribution in [0.5, 0.6) is 5.75 Å². The second-order valence-corrected chi connectivity index (χ2v) is 6.04. The van der Waals surface area contributed by atoms with E-state index >= 15 is 0 Å². The van der Waals surface area contributed by atoms with E-state index in [1.165, 1.54) is 21.2 Å². The van der Waals surface area contributed by atoms with E-state index in [9.17, 15) is 0 Å². The molecule has 3 heteroatoms. The molecule has 0 saturated heterocycles. The molecule has 2 nitrogen and oxygen atoms in total. The van der Waals surface area contributed by atoms with E-state index in [0.29, 0.717) is 6.04 Å². The number of nitrogens with one attached hydrogen (secondary N) is 1. The summed E-state index contributed by atoms with van der Waals surface area (Å²) in [7, 11) is 3.74. The highest BCUT2D eigenvalue weighted by atomic mass is 32.1. The molecule has 3 aromatic rings. The van der Waals surface area contributed by atoms with Gasteiger partial charge in [-0.15, -0.1) is 11.3 Å². The minimum absolute atomic E-state index is 0.349. The molecule has 1 aromatic heterocycles. The predicted octanol–water partition coefficient (Wildman–Crippen LogP) is 4.41. The first-order valence-corrected chi connectivity index (χ1v) is 7.96. The molecule has 1 heterocycles. The van der Waals surface area contributed by atoms with Crippen LogP contribution in [0.2, 0.25) is 0 Å². The van der Waals surface area contributed by atoms with Crippen LogP contribution in [0.3, 0.4) is 0 Å². The summed E-state index contributed by atoms with van der Waals surface area (Å²) in [5.74, 6) is 0.909. The van der Waals surface area contributed by atoms with Crippen LogP contribution in [0, 0.1) is 0 Å². The average Bonchev–Trinajstić information content (AvgIpc) is 3.06. The number of benzene rings is 2. The third kappa shape index (κ3) is 2.94. The van der Waals surface area contributed by atoms with Gasteiger partial charge in [0.2, 0.25) is 0 Å². The van der Waals surface area contributed by atoms with Crippen molar-refractivity contribution in [2.75, 3.05) is 14.2 Å². The van der Waals surface area contributed by atoms with E-state index in [0.717, 1.165) is 12.2 Å². The van der Waals surface area contributed by atoms with Crippen LogP contribution in [0.25, 0.3) is 10.8 Å². The summed E-state index contributed by atoms with van der Waals surface area (Å²) in [6.45, 7) is 0. The number of hydrogen-bond acceptors (Lipinski definition) is 3. The Balaban J connectivity index is 1.99. The largest absolute Gasteiger partial charge is 0.497 e. The number of rotatable bonds is 5. The lowest BCUT2D eigenvalue weighted by molar-refractivity contribution is 0.415. The molecule has 3 rings (SSSR count). The third-order valence-electron chi connectivity index (χ3n) is 3.84. The van der Waals surface area contributed by atoms with Crippen molar-refractivity contribution < 1.29 is 4.74 Å². The van der Waals surface area contributed by atoms with Gasteiger partial charge in [0.25, 0.3) is 0 Å². The Morgan fingerprint density at radius 2 is 2.05 bits per heavy atom. The van der Waals surface area contributed by atoms with Gasteiger partial charge in [0.1, 0.15) is 5.75 Å². The van der Waals surface area contributed by atoms with Crippen molar-refractivity contribution in [3.8, 4) is 5.75 Å². The third-order valence-corrected chi connectivity index (χ3v) is 4.82. The van der Waals surface area contributed by atoms with E-state index < -0.39 is 0 Å². The Bertz CT molecular complexity index is 721. The summed E-state index contributed by atoms with van der Waals surface area (Å²) < 4.78 is 5.37. The van der Waals surface area contributed by atoms with Gasteiger partial charge in [0.05, 0.1) is 7.11 Å². The fraction of sp³-hybridized carbons (Fsp3) is 0.222. The summed E-state index contributed by atoms with van der Waals surface area (Å²) in [5, 5.41) is 8.09. The summed E-state index contributed by atoms with van der Waals surface area (Å²) in [6.07, 6.45) is 0.974. The van der Waals surface area contributed by atoms with Crippen molar-refractivity contribution in [3.05, 3.63) is 64.4 Å². The molecule has 0 bridgehead atoms. The van der Waals surface area contributed by atoms with Crippen molar-refractivity contribution in [2.45, 2.75) is 12.5 Å². The molecule has 0 aliphatic rings. The predicted molar refractivity (Wildman–Crippen MR) is 90.3 cm³/mol. The molecule has 21 heavy (non-hydrogen) atoms. The van der Waals surface area contributed by atoms with Gasteiger partial charge < -0.3 is 10.1 Å². The molecule has 1 unspecified atom stereocenters. The van der Waals surface area contributed by atoms with Gasteiger partial charge in [-0.1, -0.05) is 30.3 Å². The topological polar surface area (TPSA) is 21.3 Å². The van der Waals surface area contributed by atoms with Crippen molar-refractivity contribution >= 4 is 22.1 Å². The highest BCUT2D eigenvalue weighted by molar-refractivity contribution is 7.10. The number of ether oxygens (including phenoxy) is 1. The molecule has 0 aliphatic heterocycles. The highest BCUT2D eigenvalue weighted by Crippen LogP contribution is 2.29. The average molecular weight is 297 g/mol. The molecular formula is C18H19NOS. The fourth-order valence-electron chi connectivity index (χ4n) is 2.68. The maximum atomic E-state index is 5.37. The minimum atomic E-state index is 0.349. The van der Waals surface area contributed by atoms with Crippen molar-refractivity contribution in [1.82, 2.24) is 5.32 Å². The second-order valence-electron chi connectivity index (χ2n) is 5.07. The monoisotopic (exact) mass is 297 g/mol. The van der Waals surface area contributed by atoms with E-state index in [-0.39, 0.29) is 0 Å². The Hall–Kier alpha value is -1.84. The molecule has 0 radical (unpaired) electrons. The summed E-state index contributed by atoms with van der Waals surface area (Å²) in [5.41, 5.74) is 1.35. The van der Waals surface area contributed by atoms with Crippen LogP contribution >= 0.6 is 11.3 Å². The molecule has 1 atom stereocenters. The molecule has 0 fully saturated rings. The van der Waals surface area contributed by atoms with Crippen molar-refractivity contribution in [1.29, 1.82) is 0 Å². The maximum Gasteiger partial charge on any atom is 0.119 e. The SMILES string of the molecule is CNC(Cc1cccc2ccc(OC)cc12)c1cccs1. The molecule has 0 amide bonds. The van der Waals surface area contributed by atoms with Crippen molar-refractivity contribution in [3.63, 3.8) is 0 Å². The lowest BCUT2D eigenvalue weighted by Crippen LogP contribution is -2.17. The molecule has 0 saturated carbocycles. The first kappa shape index (κ1) is 14.1. The van der Waals surface area contributed by atoms with Crippen LogP contribution in [0.15, 0.2) is 53.9 Å². The Kier molecular flexibility index (Phi) is 4.23. The van der Waals surface area contributed by atoms with Crippen LogP contribution in [0.1, 0.15) is 16.5 Å². The van der Waals surface area contributed by atoms with E-state index in [1.807, 2.05) is 13.1 Å². The van der Waals surface area contributed by atoms with E-state index in [2.05, 4.69) is 53.2 Å². The lowest BCUT2D eigenvalue weighted by atomic mass is 9.98. The Labute approximate surface area is 129 Å². The zero-order valence-corrected chi connectivity index (χ0v) is 13.1. The zero-order chi connectivity index (χ0) is 14.7. The first-order valence-electron chi connectivity index (χ1n) is 7.08. The van der Waals surface area contributed by atoms with Gasteiger partial charge in [-0.05, 0) is 53.4 Å². The highest BCUT2D eigenvalue weighted by Gasteiger charge is 2.13. The normalized spacial score (nSPS) is 12.5. The maximum absolute atomic E-state index is 5.37. The Morgan fingerprint density at radius 3 is 2.76 bits per heavy atom. The molecule has 108 valence electrons. The number of thiophene rings is 1. The summed E-state index contributed by atoms with van der Waals surface area (Å²) >= 11 is 1.80. The van der Waals surface area contributed by atoms with Gasteiger partial charge >= 0.3 is 0 Å². The fourth-order valence-corrected chi connectivity index (χ4v) is 3.51. The molecule has 2 aromatic carbocycles. The smallest absolute Gasteiger partial charge is 0.119 e. The second kappa shape index (κ2) is 6.29. The quantitative estimate of drug-likeness (QED) is 0.753. The lowest BCUT2D eigenvalue weighted by Gasteiger charge is -2.16. The molecule has 0 aliphatic carbocycles. The zero-order valence-electron chi connectivity index (χ0n) is 12.3. The van der Waals surface area contributed by atoms with E-state index in [1.54, 1.807) is 18.4 Å².